The molecule has 4 heterocycles. The summed E-state index contributed by atoms with van der Waals surface area (Å²) in [4.78, 5) is 45.2. The van der Waals surface area contributed by atoms with E-state index in [0.717, 1.165) is 37.0 Å². The maximum absolute atomic E-state index is 14.7. The second-order valence-corrected chi connectivity index (χ2v) is 9.40. The Morgan fingerprint density at radius 1 is 1.22 bits per heavy atom. The number of carbonyl (C=O) groups excluding carboxylic acids is 3. The predicted molar refractivity (Wildman–Crippen MR) is 134 cm³/mol. The summed E-state index contributed by atoms with van der Waals surface area (Å²) in [5, 5.41) is 14.1. The van der Waals surface area contributed by atoms with Crippen molar-refractivity contribution in [3.8, 4) is 0 Å². The molecule has 36 heavy (non-hydrogen) atoms. The molecule has 3 aliphatic heterocycles. The van der Waals surface area contributed by atoms with Crippen LogP contribution in [0.2, 0.25) is 0 Å². The second-order valence-electron chi connectivity index (χ2n) is 9.40. The molecule has 4 N–H and O–H groups in total. The minimum Gasteiger partial charge on any atom is -0.503 e. The first kappa shape index (κ1) is 23.8. The number of hydrogen-bond acceptors (Lipinski definition) is 5. The fraction of sp³-hybridized carbons (Fsp3) is 0.346. The first-order chi connectivity index (χ1) is 17.2. The van der Waals surface area contributed by atoms with Gasteiger partial charge in [0.15, 0.2) is 5.76 Å². The molecule has 3 amide bonds. The van der Waals surface area contributed by atoms with Gasteiger partial charge < -0.3 is 30.5 Å². The summed E-state index contributed by atoms with van der Waals surface area (Å²) >= 11 is 0. The minimum atomic E-state index is -0.944. The molecular formula is C26H28FN5O4. The maximum atomic E-state index is 14.7. The van der Waals surface area contributed by atoms with E-state index in [0.29, 0.717) is 42.0 Å². The van der Waals surface area contributed by atoms with Crippen LogP contribution in [0, 0.1) is 12.7 Å². The van der Waals surface area contributed by atoms with Gasteiger partial charge in [0, 0.05) is 43.0 Å². The van der Waals surface area contributed by atoms with Crippen LogP contribution in [0.15, 0.2) is 24.5 Å². The van der Waals surface area contributed by atoms with E-state index in [1.165, 1.54) is 18.9 Å². The molecule has 0 radical (unpaired) electrons. The molecule has 1 fully saturated rings. The number of aromatic amines is 1. The van der Waals surface area contributed by atoms with Gasteiger partial charge in [0.05, 0.1) is 22.5 Å². The molecule has 1 saturated heterocycles. The van der Waals surface area contributed by atoms with Crippen molar-refractivity contribution >= 4 is 40.7 Å². The molecular weight excluding hydrogens is 465 g/mol. The number of likely N-dealkylation sites (tertiary alicyclic amines) is 1. The normalized spacial score (nSPS) is 18.4. The van der Waals surface area contributed by atoms with Crippen LogP contribution < -0.4 is 10.6 Å². The van der Waals surface area contributed by atoms with E-state index in [2.05, 4.69) is 27.1 Å². The molecule has 0 saturated carbocycles. The lowest BCUT2D eigenvalue weighted by Gasteiger charge is -2.29. The van der Waals surface area contributed by atoms with Crippen molar-refractivity contribution in [2.45, 2.75) is 26.2 Å². The van der Waals surface area contributed by atoms with Gasteiger partial charge in [-0.3, -0.25) is 14.4 Å². The lowest BCUT2D eigenvalue weighted by Crippen LogP contribution is -2.42. The number of amides is 3. The molecule has 0 spiro atoms. The summed E-state index contributed by atoms with van der Waals surface area (Å²) in [7, 11) is 0. The molecule has 1 aromatic carbocycles. The monoisotopic (exact) mass is 493 g/mol. The van der Waals surface area contributed by atoms with Gasteiger partial charge in [-0.15, -0.1) is 0 Å². The largest absolute Gasteiger partial charge is 0.503 e. The quantitative estimate of drug-likeness (QED) is 0.365. The first-order valence-electron chi connectivity index (χ1n) is 12.0. The van der Waals surface area contributed by atoms with Crippen molar-refractivity contribution in [2.24, 2.45) is 0 Å². The fourth-order valence-corrected chi connectivity index (χ4v) is 5.08. The molecule has 0 unspecified atom stereocenters. The number of nitrogens with one attached hydrogen (secondary N) is 3. The van der Waals surface area contributed by atoms with E-state index in [-0.39, 0.29) is 17.2 Å². The van der Waals surface area contributed by atoms with Crippen LogP contribution >= 0.6 is 0 Å². The van der Waals surface area contributed by atoms with Gasteiger partial charge in [-0.05, 0) is 56.6 Å². The van der Waals surface area contributed by atoms with Crippen molar-refractivity contribution in [2.75, 3.05) is 43.4 Å². The molecule has 2 aromatic rings. The van der Waals surface area contributed by atoms with Crippen LogP contribution in [0.5, 0.6) is 0 Å². The number of aromatic nitrogens is 1. The number of anilines is 2. The predicted octanol–water partition coefficient (Wildman–Crippen LogP) is 3.06. The third-order valence-corrected chi connectivity index (χ3v) is 7.07. The summed E-state index contributed by atoms with van der Waals surface area (Å²) < 4.78 is 14.7. The molecule has 9 nitrogen and oxygen atoms in total. The third kappa shape index (κ3) is 4.28. The zero-order valence-electron chi connectivity index (χ0n) is 20.0. The van der Waals surface area contributed by atoms with Crippen LogP contribution in [0.25, 0.3) is 11.6 Å². The number of halogens is 1. The van der Waals surface area contributed by atoms with E-state index in [1.807, 2.05) is 11.8 Å². The number of carbonyl (C=O) groups is 3. The lowest BCUT2D eigenvalue weighted by molar-refractivity contribution is -0.115. The molecule has 0 aliphatic carbocycles. The molecule has 3 aliphatic rings. The molecule has 188 valence electrons. The highest BCUT2D eigenvalue weighted by molar-refractivity contribution is 6.35. The van der Waals surface area contributed by atoms with Crippen LogP contribution in [0.3, 0.4) is 0 Å². The Kier molecular flexibility index (Phi) is 6.13. The highest BCUT2D eigenvalue weighted by Gasteiger charge is 2.31. The van der Waals surface area contributed by atoms with Crippen LogP contribution in [-0.4, -0.2) is 70.3 Å². The van der Waals surface area contributed by atoms with E-state index >= 15 is 0 Å². The highest BCUT2D eigenvalue weighted by Crippen LogP contribution is 2.37. The number of nitrogens with zero attached hydrogens (tertiary/aromatic N) is 2. The summed E-state index contributed by atoms with van der Waals surface area (Å²) in [6, 6.07) is 2.44. The van der Waals surface area contributed by atoms with Crippen LogP contribution in [-0.2, 0) is 16.0 Å². The fourth-order valence-electron chi connectivity index (χ4n) is 5.08. The lowest BCUT2D eigenvalue weighted by atomic mass is 10.0. The third-order valence-electron chi connectivity index (χ3n) is 7.07. The average molecular weight is 494 g/mol. The van der Waals surface area contributed by atoms with Crippen molar-refractivity contribution in [1.29, 1.82) is 0 Å². The topological polar surface area (TPSA) is 118 Å². The Morgan fingerprint density at radius 2 is 1.97 bits per heavy atom. The van der Waals surface area contributed by atoms with Gasteiger partial charge >= 0.3 is 0 Å². The van der Waals surface area contributed by atoms with Crippen molar-refractivity contribution < 1.29 is 23.9 Å². The van der Waals surface area contributed by atoms with Crippen molar-refractivity contribution in [1.82, 2.24) is 14.8 Å². The number of aliphatic hydroxyl groups is 1. The van der Waals surface area contributed by atoms with Gasteiger partial charge in [-0.1, -0.05) is 6.58 Å². The van der Waals surface area contributed by atoms with E-state index in [1.54, 1.807) is 6.08 Å². The number of fused-ring (bicyclic) bond motifs is 2. The van der Waals surface area contributed by atoms with Crippen molar-refractivity contribution in [3.63, 3.8) is 0 Å². The molecule has 0 atom stereocenters. The first-order valence-corrected chi connectivity index (χ1v) is 12.0. The number of H-pyrrole nitrogens is 1. The summed E-state index contributed by atoms with van der Waals surface area (Å²) in [5.74, 6) is -2.90. The van der Waals surface area contributed by atoms with Gasteiger partial charge in [0.25, 0.3) is 17.7 Å². The zero-order chi connectivity index (χ0) is 25.6. The van der Waals surface area contributed by atoms with Gasteiger partial charge in [0.1, 0.15) is 5.82 Å². The molecule has 0 bridgehead atoms. The van der Waals surface area contributed by atoms with E-state index in [9.17, 15) is 23.9 Å². The minimum absolute atomic E-state index is 0.0120. The van der Waals surface area contributed by atoms with Gasteiger partial charge in [-0.2, -0.15) is 0 Å². The standard InChI is InChI=1S/C26H28FN5O4/c1-14-20(28-19-5-8-32(26(36)23(14)19)10-9-31-6-3-4-7-31)12-17-16-11-18(27)22(30-24(34)15(2)33)13-21(16)29-25(17)35/h11-13,28,33H,2-10H2,1H3,(H,29,35)(H,30,34)/b17-12-. The van der Waals surface area contributed by atoms with Crippen LogP contribution in [0.4, 0.5) is 15.8 Å². The Hall–Kier alpha value is -3.92. The van der Waals surface area contributed by atoms with Gasteiger partial charge in [0.2, 0.25) is 0 Å². The number of rotatable bonds is 6. The molecule has 1 aromatic heterocycles. The molecule has 5 rings (SSSR count). The number of hydrogen-bond donors (Lipinski definition) is 4. The Labute approximate surface area is 207 Å². The highest BCUT2D eigenvalue weighted by atomic mass is 19.1. The Bertz CT molecular complexity index is 1320. The Balaban J connectivity index is 1.40. The van der Waals surface area contributed by atoms with Gasteiger partial charge in [-0.25, -0.2) is 4.39 Å². The average Bonchev–Trinajstić information content (AvgIpc) is 3.53. The number of benzene rings is 1. The smallest absolute Gasteiger partial charge is 0.289 e. The number of aliphatic hydroxyl groups excluding tert-OH is 1. The van der Waals surface area contributed by atoms with E-state index in [4.69, 9.17) is 0 Å². The SMILES string of the molecule is C=C(O)C(=O)Nc1cc2c(cc1F)/C(=C/c1[nH]c3c(c1C)C(=O)N(CCN1CCCC1)CC3)C(=O)N2. The Morgan fingerprint density at radius 3 is 2.69 bits per heavy atom. The second kappa shape index (κ2) is 9.27. The van der Waals surface area contributed by atoms with E-state index < -0.39 is 23.4 Å². The summed E-state index contributed by atoms with van der Waals surface area (Å²) in [6.07, 6.45) is 4.75. The summed E-state index contributed by atoms with van der Waals surface area (Å²) in [6.45, 7) is 9.33. The maximum Gasteiger partial charge on any atom is 0.289 e. The summed E-state index contributed by atoms with van der Waals surface area (Å²) in [5.41, 5.74) is 3.57. The van der Waals surface area contributed by atoms with Crippen molar-refractivity contribution in [3.05, 3.63) is 58.4 Å². The van der Waals surface area contributed by atoms with Crippen LogP contribution in [0.1, 0.15) is 45.7 Å². The zero-order valence-corrected chi connectivity index (χ0v) is 20.0. The molecule has 10 heteroatoms.